The summed E-state index contributed by atoms with van der Waals surface area (Å²) in [7, 11) is 0. The van der Waals surface area contributed by atoms with Gasteiger partial charge in [0.2, 0.25) is 5.91 Å². The molecule has 0 saturated heterocycles. The van der Waals surface area contributed by atoms with Gasteiger partial charge in [-0.1, -0.05) is 48.5 Å². The normalized spacial score (nSPS) is 20.9. The van der Waals surface area contributed by atoms with Crippen LogP contribution in [0.25, 0.3) is 0 Å². The first-order chi connectivity index (χ1) is 9.25. The number of amides is 1. The second-order valence-electron chi connectivity index (χ2n) is 5.16. The molecule has 0 spiro atoms. The standard InChI is InChI=1S/C17H17NO/c1-12-7-5-6-10-16(12)18-17(19)15-11-14(15)13-8-3-2-4-9-13/h2-10,14-15H,11H2,1H3,(H,18,19)/t14-,15+/m1/s1. The van der Waals surface area contributed by atoms with Crippen LogP contribution in [-0.4, -0.2) is 5.91 Å². The number of hydrogen-bond donors (Lipinski definition) is 1. The molecule has 1 N–H and O–H groups in total. The van der Waals surface area contributed by atoms with Gasteiger partial charge in [0.05, 0.1) is 0 Å². The van der Waals surface area contributed by atoms with Crippen molar-refractivity contribution in [3.63, 3.8) is 0 Å². The van der Waals surface area contributed by atoms with Crippen molar-refractivity contribution in [2.24, 2.45) is 5.92 Å². The van der Waals surface area contributed by atoms with E-state index in [9.17, 15) is 4.79 Å². The smallest absolute Gasteiger partial charge is 0.228 e. The Hall–Kier alpha value is -2.09. The fourth-order valence-electron chi connectivity index (χ4n) is 2.49. The van der Waals surface area contributed by atoms with Crippen LogP contribution in [0.1, 0.15) is 23.5 Å². The molecule has 0 bridgehead atoms. The predicted octanol–water partition coefficient (Wildman–Crippen LogP) is 3.74. The molecule has 1 fully saturated rings. The first-order valence-corrected chi connectivity index (χ1v) is 6.67. The summed E-state index contributed by atoms with van der Waals surface area (Å²) < 4.78 is 0. The molecule has 1 saturated carbocycles. The van der Waals surface area contributed by atoms with Gasteiger partial charge in [-0.2, -0.15) is 0 Å². The zero-order chi connectivity index (χ0) is 13.2. The van der Waals surface area contributed by atoms with Crippen molar-refractivity contribution < 1.29 is 4.79 Å². The fourth-order valence-corrected chi connectivity index (χ4v) is 2.49. The van der Waals surface area contributed by atoms with Crippen LogP contribution in [0.5, 0.6) is 0 Å². The summed E-state index contributed by atoms with van der Waals surface area (Å²) in [4.78, 5) is 12.2. The van der Waals surface area contributed by atoms with Gasteiger partial charge in [0, 0.05) is 11.6 Å². The van der Waals surface area contributed by atoms with E-state index in [1.54, 1.807) is 0 Å². The molecule has 0 unspecified atom stereocenters. The Balaban J connectivity index is 1.66. The van der Waals surface area contributed by atoms with Crippen LogP contribution in [-0.2, 0) is 4.79 Å². The lowest BCUT2D eigenvalue weighted by Crippen LogP contribution is -2.15. The topological polar surface area (TPSA) is 29.1 Å². The average Bonchev–Trinajstić information content (AvgIpc) is 3.23. The van der Waals surface area contributed by atoms with E-state index < -0.39 is 0 Å². The Morgan fingerprint density at radius 2 is 1.74 bits per heavy atom. The van der Waals surface area contributed by atoms with Gasteiger partial charge in [-0.05, 0) is 36.5 Å². The summed E-state index contributed by atoms with van der Waals surface area (Å²) in [5.41, 5.74) is 3.30. The van der Waals surface area contributed by atoms with Crippen LogP contribution in [0.2, 0.25) is 0 Å². The Labute approximate surface area is 113 Å². The van der Waals surface area contributed by atoms with Crippen molar-refractivity contribution in [1.82, 2.24) is 0 Å². The SMILES string of the molecule is Cc1ccccc1NC(=O)[C@H]1C[C@@H]1c1ccccc1. The zero-order valence-corrected chi connectivity index (χ0v) is 11.0. The van der Waals surface area contributed by atoms with E-state index in [-0.39, 0.29) is 11.8 Å². The van der Waals surface area contributed by atoms with E-state index >= 15 is 0 Å². The lowest BCUT2D eigenvalue weighted by molar-refractivity contribution is -0.117. The number of rotatable bonds is 3. The monoisotopic (exact) mass is 251 g/mol. The van der Waals surface area contributed by atoms with Crippen LogP contribution >= 0.6 is 0 Å². The number of carbonyl (C=O) groups excluding carboxylic acids is 1. The average molecular weight is 251 g/mol. The molecule has 0 radical (unpaired) electrons. The Kier molecular flexibility index (Phi) is 3.08. The van der Waals surface area contributed by atoms with E-state index in [4.69, 9.17) is 0 Å². The minimum absolute atomic E-state index is 0.127. The summed E-state index contributed by atoms with van der Waals surface area (Å²) >= 11 is 0. The number of anilines is 1. The van der Waals surface area contributed by atoms with E-state index in [1.807, 2.05) is 49.4 Å². The molecule has 2 aromatic carbocycles. The molecule has 1 amide bonds. The van der Waals surface area contributed by atoms with E-state index in [0.717, 1.165) is 17.7 Å². The molecule has 0 aromatic heterocycles. The minimum atomic E-state index is 0.127. The number of nitrogens with one attached hydrogen (secondary N) is 1. The van der Waals surface area contributed by atoms with Gasteiger partial charge in [0.25, 0.3) is 0 Å². The van der Waals surface area contributed by atoms with Crippen molar-refractivity contribution in [2.75, 3.05) is 5.32 Å². The largest absolute Gasteiger partial charge is 0.326 e. The third-order valence-corrected chi connectivity index (χ3v) is 3.76. The molecule has 0 heterocycles. The van der Waals surface area contributed by atoms with Crippen LogP contribution < -0.4 is 5.32 Å². The molecule has 3 rings (SSSR count). The van der Waals surface area contributed by atoms with Crippen molar-refractivity contribution >= 4 is 11.6 Å². The highest BCUT2D eigenvalue weighted by atomic mass is 16.2. The quantitative estimate of drug-likeness (QED) is 0.884. The van der Waals surface area contributed by atoms with Gasteiger partial charge in [-0.15, -0.1) is 0 Å². The molecular formula is C17H17NO. The molecule has 0 aliphatic heterocycles. The van der Waals surface area contributed by atoms with Gasteiger partial charge >= 0.3 is 0 Å². The maximum Gasteiger partial charge on any atom is 0.228 e. The van der Waals surface area contributed by atoms with E-state index in [1.165, 1.54) is 5.56 Å². The van der Waals surface area contributed by atoms with E-state index in [2.05, 4.69) is 17.4 Å². The maximum absolute atomic E-state index is 12.2. The van der Waals surface area contributed by atoms with Crippen LogP contribution in [0.15, 0.2) is 54.6 Å². The highest BCUT2D eigenvalue weighted by Crippen LogP contribution is 2.47. The van der Waals surface area contributed by atoms with Crippen molar-refractivity contribution in [2.45, 2.75) is 19.3 Å². The van der Waals surface area contributed by atoms with Gasteiger partial charge < -0.3 is 5.32 Å². The van der Waals surface area contributed by atoms with Gasteiger partial charge in [0.1, 0.15) is 0 Å². The van der Waals surface area contributed by atoms with Crippen molar-refractivity contribution in [3.8, 4) is 0 Å². The van der Waals surface area contributed by atoms with E-state index in [0.29, 0.717) is 5.92 Å². The molecule has 2 nitrogen and oxygen atoms in total. The molecule has 19 heavy (non-hydrogen) atoms. The van der Waals surface area contributed by atoms with Crippen molar-refractivity contribution in [3.05, 3.63) is 65.7 Å². The predicted molar refractivity (Wildman–Crippen MR) is 77.1 cm³/mol. The Morgan fingerprint density at radius 1 is 1.05 bits per heavy atom. The first kappa shape index (κ1) is 12.0. The van der Waals surface area contributed by atoms with Crippen molar-refractivity contribution in [1.29, 1.82) is 0 Å². The molecular weight excluding hydrogens is 234 g/mol. The number of para-hydroxylation sites is 1. The third-order valence-electron chi connectivity index (χ3n) is 3.76. The van der Waals surface area contributed by atoms with Crippen LogP contribution in [0, 0.1) is 12.8 Å². The Bertz CT molecular complexity index is 591. The van der Waals surface area contributed by atoms with Crippen LogP contribution in [0.3, 0.4) is 0 Å². The summed E-state index contributed by atoms with van der Waals surface area (Å²) in [6.07, 6.45) is 0.960. The first-order valence-electron chi connectivity index (χ1n) is 6.67. The number of hydrogen-bond acceptors (Lipinski definition) is 1. The summed E-state index contributed by atoms with van der Waals surface area (Å²) in [5.74, 6) is 0.662. The molecule has 1 aliphatic rings. The molecule has 2 aromatic rings. The molecule has 96 valence electrons. The Morgan fingerprint density at radius 3 is 2.47 bits per heavy atom. The summed E-state index contributed by atoms with van der Waals surface area (Å²) in [5, 5.41) is 3.03. The third kappa shape index (κ3) is 2.53. The van der Waals surface area contributed by atoms with Gasteiger partial charge in [-0.25, -0.2) is 0 Å². The molecule has 2 atom stereocenters. The van der Waals surface area contributed by atoms with Crippen LogP contribution in [0.4, 0.5) is 5.69 Å². The second-order valence-corrected chi connectivity index (χ2v) is 5.16. The second kappa shape index (κ2) is 4.88. The zero-order valence-electron chi connectivity index (χ0n) is 11.0. The molecule has 1 aliphatic carbocycles. The number of benzene rings is 2. The number of carbonyl (C=O) groups is 1. The molecule has 2 heteroatoms. The minimum Gasteiger partial charge on any atom is -0.326 e. The highest BCUT2D eigenvalue weighted by Gasteiger charge is 2.43. The van der Waals surface area contributed by atoms with Gasteiger partial charge in [0.15, 0.2) is 0 Å². The maximum atomic E-state index is 12.2. The number of aryl methyl sites for hydroxylation is 1. The highest BCUT2D eigenvalue weighted by molar-refractivity contribution is 5.95. The fraction of sp³-hybridized carbons (Fsp3) is 0.235. The lowest BCUT2D eigenvalue weighted by atomic mass is 10.1. The summed E-state index contributed by atoms with van der Waals surface area (Å²) in [6, 6.07) is 18.2. The lowest BCUT2D eigenvalue weighted by Gasteiger charge is -2.07. The van der Waals surface area contributed by atoms with Gasteiger partial charge in [-0.3, -0.25) is 4.79 Å². The summed E-state index contributed by atoms with van der Waals surface area (Å²) in [6.45, 7) is 2.01.